The highest BCUT2D eigenvalue weighted by Gasteiger charge is 2.26. The predicted molar refractivity (Wildman–Crippen MR) is 78.4 cm³/mol. The van der Waals surface area contributed by atoms with E-state index < -0.39 is 0 Å². The number of halogens is 2. The van der Waals surface area contributed by atoms with E-state index in [9.17, 15) is 0 Å². The van der Waals surface area contributed by atoms with Crippen molar-refractivity contribution in [2.75, 3.05) is 12.3 Å². The summed E-state index contributed by atoms with van der Waals surface area (Å²) in [5.74, 6) is 1.27. The molecule has 1 saturated heterocycles. The molecule has 0 bridgehead atoms. The highest BCUT2D eigenvalue weighted by Crippen LogP contribution is 2.37. The minimum atomic E-state index is 0.391. The van der Waals surface area contributed by atoms with Gasteiger partial charge in [0.1, 0.15) is 0 Å². The van der Waals surface area contributed by atoms with Crippen LogP contribution in [0, 0.1) is 0 Å². The third kappa shape index (κ3) is 3.31. The number of hydrogen-bond acceptors (Lipinski definition) is 2. The summed E-state index contributed by atoms with van der Waals surface area (Å²) in [5.41, 5.74) is 1.25. The smallest absolute Gasteiger partial charge is 0.0595 e. The Morgan fingerprint density at radius 3 is 2.82 bits per heavy atom. The quantitative estimate of drug-likeness (QED) is 0.873. The first-order chi connectivity index (χ1) is 8.22. The van der Waals surface area contributed by atoms with Gasteiger partial charge < -0.3 is 5.32 Å². The molecule has 0 saturated carbocycles. The maximum atomic E-state index is 6.10. The fourth-order valence-corrected chi connectivity index (χ4v) is 3.98. The lowest BCUT2D eigenvalue weighted by Gasteiger charge is -2.24. The van der Waals surface area contributed by atoms with Gasteiger partial charge in [0.2, 0.25) is 0 Å². The van der Waals surface area contributed by atoms with Crippen molar-refractivity contribution in [3.63, 3.8) is 0 Å². The standard InChI is InChI=1S/C13H17Cl2NS/c1-2-16-13(12-4-3-7-17-12)9-5-6-10(14)11(15)8-9/h5-6,8,12-13,16H,2-4,7H2,1H3. The maximum Gasteiger partial charge on any atom is 0.0595 e. The van der Waals surface area contributed by atoms with Crippen molar-refractivity contribution >= 4 is 35.0 Å². The molecule has 0 aromatic heterocycles. The summed E-state index contributed by atoms with van der Waals surface area (Å²) in [6.07, 6.45) is 2.60. The Balaban J connectivity index is 2.21. The van der Waals surface area contributed by atoms with Crippen LogP contribution in [0.3, 0.4) is 0 Å². The Bertz CT molecular complexity index is 378. The number of benzene rings is 1. The molecule has 2 atom stereocenters. The Labute approximate surface area is 117 Å². The van der Waals surface area contributed by atoms with Crippen LogP contribution in [0.15, 0.2) is 18.2 Å². The van der Waals surface area contributed by atoms with Crippen molar-refractivity contribution in [3.05, 3.63) is 33.8 Å². The molecular formula is C13H17Cl2NS. The van der Waals surface area contributed by atoms with Gasteiger partial charge in [-0.15, -0.1) is 0 Å². The molecule has 1 heterocycles. The maximum absolute atomic E-state index is 6.10. The van der Waals surface area contributed by atoms with Crippen LogP contribution in [0.4, 0.5) is 0 Å². The SMILES string of the molecule is CCNC(c1ccc(Cl)c(Cl)c1)C1CCCS1. The zero-order chi connectivity index (χ0) is 12.3. The molecule has 1 aromatic carbocycles. The molecule has 0 radical (unpaired) electrons. The van der Waals surface area contributed by atoms with E-state index >= 15 is 0 Å². The molecule has 1 aliphatic rings. The Kier molecular flexibility index (Phi) is 5.04. The van der Waals surface area contributed by atoms with Crippen molar-refractivity contribution in [1.29, 1.82) is 0 Å². The number of thioether (sulfide) groups is 1. The van der Waals surface area contributed by atoms with Gasteiger partial charge in [-0.05, 0) is 42.8 Å². The van der Waals surface area contributed by atoms with E-state index in [1.165, 1.54) is 24.2 Å². The molecular weight excluding hydrogens is 273 g/mol. The summed E-state index contributed by atoms with van der Waals surface area (Å²) >= 11 is 14.1. The molecule has 94 valence electrons. The molecule has 1 N–H and O–H groups in total. The van der Waals surface area contributed by atoms with E-state index in [0.717, 1.165) is 6.54 Å². The Morgan fingerprint density at radius 1 is 1.41 bits per heavy atom. The molecule has 4 heteroatoms. The van der Waals surface area contributed by atoms with Crippen LogP contribution < -0.4 is 5.32 Å². The highest BCUT2D eigenvalue weighted by atomic mass is 35.5. The molecule has 1 nitrogen and oxygen atoms in total. The first kappa shape index (κ1) is 13.5. The fraction of sp³-hybridized carbons (Fsp3) is 0.538. The van der Waals surface area contributed by atoms with Gasteiger partial charge in [0.15, 0.2) is 0 Å². The van der Waals surface area contributed by atoms with Crippen LogP contribution in [0.2, 0.25) is 10.0 Å². The van der Waals surface area contributed by atoms with Crippen molar-refractivity contribution in [2.24, 2.45) is 0 Å². The van der Waals surface area contributed by atoms with E-state index in [0.29, 0.717) is 21.3 Å². The lowest BCUT2D eigenvalue weighted by Crippen LogP contribution is -2.28. The van der Waals surface area contributed by atoms with Crippen LogP contribution >= 0.6 is 35.0 Å². The number of rotatable bonds is 4. The van der Waals surface area contributed by atoms with Gasteiger partial charge in [-0.2, -0.15) is 11.8 Å². The van der Waals surface area contributed by atoms with Gasteiger partial charge in [-0.3, -0.25) is 0 Å². The summed E-state index contributed by atoms with van der Waals surface area (Å²) in [6, 6.07) is 6.36. The average molecular weight is 290 g/mol. The topological polar surface area (TPSA) is 12.0 Å². The van der Waals surface area contributed by atoms with Crippen LogP contribution in [0.5, 0.6) is 0 Å². The van der Waals surface area contributed by atoms with Crippen LogP contribution in [0.25, 0.3) is 0 Å². The lowest BCUT2D eigenvalue weighted by molar-refractivity contribution is 0.519. The van der Waals surface area contributed by atoms with E-state index in [1.807, 2.05) is 12.1 Å². The normalized spacial score (nSPS) is 21.7. The summed E-state index contributed by atoms with van der Waals surface area (Å²) in [5, 5.41) is 5.50. The van der Waals surface area contributed by atoms with Gasteiger partial charge in [-0.25, -0.2) is 0 Å². The van der Waals surface area contributed by atoms with Crippen molar-refractivity contribution in [1.82, 2.24) is 5.32 Å². The Morgan fingerprint density at radius 2 is 2.24 bits per heavy atom. The second-order valence-electron chi connectivity index (χ2n) is 4.26. The van der Waals surface area contributed by atoms with Gasteiger partial charge in [0.05, 0.1) is 10.0 Å². The molecule has 1 aliphatic heterocycles. The highest BCUT2D eigenvalue weighted by molar-refractivity contribution is 8.00. The average Bonchev–Trinajstić information content (AvgIpc) is 2.83. The number of nitrogens with one attached hydrogen (secondary N) is 1. The molecule has 0 amide bonds. The first-order valence-corrected chi connectivity index (χ1v) is 7.82. The number of hydrogen-bond donors (Lipinski definition) is 1. The lowest BCUT2D eigenvalue weighted by atomic mass is 10.0. The molecule has 1 aromatic rings. The summed E-state index contributed by atoms with van der Waals surface area (Å²) < 4.78 is 0. The minimum absolute atomic E-state index is 0.391. The Hall–Kier alpha value is 0.110. The monoisotopic (exact) mass is 289 g/mol. The van der Waals surface area contributed by atoms with E-state index in [-0.39, 0.29) is 0 Å². The molecule has 17 heavy (non-hydrogen) atoms. The zero-order valence-electron chi connectivity index (χ0n) is 9.88. The molecule has 0 spiro atoms. The van der Waals surface area contributed by atoms with Crippen molar-refractivity contribution in [2.45, 2.75) is 31.1 Å². The van der Waals surface area contributed by atoms with E-state index in [2.05, 4.69) is 30.1 Å². The molecule has 2 unspecified atom stereocenters. The second kappa shape index (κ2) is 6.33. The largest absolute Gasteiger partial charge is 0.309 e. The van der Waals surface area contributed by atoms with Gasteiger partial charge in [0.25, 0.3) is 0 Å². The van der Waals surface area contributed by atoms with Gasteiger partial charge in [-0.1, -0.05) is 36.2 Å². The first-order valence-electron chi connectivity index (χ1n) is 6.02. The zero-order valence-corrected chi connectivity index (χ0v) is 12.2. The van der Waals surface area contributed by atoms with E-state index in [1.54, 1.807) is 0 Å². The third-order valence-corrected chi connectivity index (χ3v) is 5.26. The summed E-state index contributed by atoms with van der Waals surface area (Å²) in [7, 11) is 0. The predicted octanol–water partition coefficient (Wildman–Crippen LogP) is 4.54. The van der Waals surface area contributed by atoms with Crippen molar-refractivity contribution in [3.8, 4) is 0 Å². The second-order valence-corrected chi connectivity index (χ2v) is 6.42. The van der Waals surface area contributed by atoms with Crippen molar-refractivity contribution < 1.29 is 0 Å². The molecule has 1 fully saturated rings. The van der Waals surface area contributed by atoms with Crippen LogP contribution in [-0.2, 0) is 0 Å². The van der Waals surface area contributed by atoms with E-state index in [4.69, 9.17) is 23.2 Å². The molecule has 2 rings (SSSR count). The van der Waals surface area contributed by atoms with Gasteiger partial charge >= 0.3 is 0 Å². The van der Waals surface area contributed by atoms with Crippen LogP contribution in [0.1, 0.15) is 31.4 Å². The third-order valence-electron chi connectivity index (χ3n) is 3.06. The van der Waals surface area contributed by atoms with Crippen LogP contribution in [-0.4, -0.2) is 17.5 Å². The summed E-state index contributed by atoms with van der Waals surface area (Å²) in [6.45, 7) is 3.12. The molecule has 0 aliphatic carbocycles. The van der Waals surface area contributed by atoms with Gasteiger partial charge in [0, 0.05) is 11.3 Å². The minimum Gasteiger partial charge on any atom is -0.309 e. The summed E-state index contributed by atoms with van der Waals surface area (Å²) in [4.78, 5) is 0. The fourth-order valence-electron chi connectivity index (χ4n) is 2.26.